The minimum atomic E-state index is 0.651. The smallest absolute Gasteiger partial charge is 0.164 e. The Hall–Kier alpha value is -7.41. The van der Waals surface area contributed by atoms with Gasteiger partial charge in [-0.25, -0.2) is 15.0 Å². The number of furan rings is 1. The van der Waals surface area contributed by atoms with Gasteiger partial charge < -0.3 is 8.98 Å². The van der Waals surface area contributed by atoms with Crippen molar-refractivity contribution in [1.82, 2.24) is 19.5 Å². The topological polar surface area (TPSA) is 56.7 Å². The van der Waals surface area contributed by atoms with Crippen molar-refractivity contribution in [1.29, 1.82) is 0 Å². The van der Waals surface area contributed by atoms with Gasteiger partial charge in [0.25, 0.3) is 0 Å². The summed E-state index contributed by atoms with van der Waals surface area (Å²) < 4.78 is 11.3. The second-order valence-corrected chi connectivity index (χ2v) is 15.4. The van der Waals surface area contributed by atoms with Crippen LogP contribution in [0, 0.1) is 0 Å². The van der Waals surface area contributed by atoms with E-state index >= 15 is 0 Å². The predicted octanol–water partition coefficient (Wildman–Crippen LogP) is 13.9. The lowest BCUT2D eigenvalue weighted by Gasteiger charge is -2.09. The molecule has 8 aromatic carbocycles. The second kappa shape index (κ2) is 12.6. The van der Waals surface area contributed by atoms with Gasteiger partial charge in [-0.2, -0.15) is 0 Å². The minimum absolute atomic E-state index is 0.651. The lowest BCUT2D eigenvalue weighted by molar-refractivity contribution is 0.669. The van der Waals surface area contributed by atoms with Crippen molar-refractivity contribution >= 4 is 75.3 Å². The number of hydrogen-bond donors (Lipinski definition) is 0. The van der Waals surface area contributed by atoms with Gasteiger partial charge in [0, 0.05) is 64.1 Å². The van der Waals surface area contributed by atoms with E-state index in [1.807, 2.05) is 60.7 Å². The molecule has 12 aromatic rings. The molecule has 0 radical (unpaired) electrons. The Kier molecular flexibility index (Phi) is 7.03. The first-order valence-corrected chi connectivity index (χ1v) is 19.8. The molecule has 4 heterocycles. The number of benzene rings is 8. The number of rotatable bonds is 5. The fourth-order valence-corrected chi connectivity index (χ4v) is 9.73. The normalized spacial score (nSPS) is 11.9. The van der Waals surface area contributed by atoms with E-state index in [1.165, 1.54) is 42.2 Å². The molecule has 0 saturated carbocycles. The first kappa shape index (κ1) is 31.9. The van der Waals surface area contributed by atoms with Gasteiger partial charge in [-0.15, -0.1) is 11.3 Å². The van der Waals surface area contributed by atoms with Crippen LogP contribution in [0.5, 0.6) is 0 Å². The van der Waals surface area contributed by atoms with E-state index in [4.69, 9.17) is 19.4 Å². The van der Waals surface area contributed by atoms with Crippen molar-refractivity contribution in [2.45, 2.75) is 0 Å². The molecule has 4 aromatic heterocycles. The van der Waals surface area contributed by atoms with E-state index in [9.17, 15) is 0 Å². The van der Waals surface area contributed by atoms with Crippen LogP contribution in [-0.2, 0) is 0 Å². The fraction of sp³-hybridized carbons (Fsp3) is 0. The number of para-hydroxylation sites is 2. The third kappa shape index (κ3) is 5.04. The van der Waals surface area contributed by atoms with Crippen molar-refractivity contribution in [3.05, 3.63) is 182 Å². The quantitative estimate of drug-likeness (QED) is 0.176. The summed E-state index contributed by atoms with van der Waals surface area (Å²) in [7, 11) is 0. The van der Waals surface area contributed by atoms with Crippen molar-refractivity contribution in [3.63, 3.8) is 0 Å². The van der Waals surface area contributed by atoms with E-state index in [1.54, 1.807) is 11.3 Å². The molecule has 0 amide bonds. The van der Waals surface area contributed by atoms with Crippen LogP contribution in [0.1, 0.15) is 0 Å². The highest BCUT2D eigenvalue weighted by Gasteiger charge is 2.20. The van der Waals surface area contributed by atoms with Gasteiger partial charge in [-0.05, 0) is 59.7 Å². The van der Waals surface area contributed by atoms with E-state index in [0.29, 0.717) is 17.5 Å². The molecule has 0 fully saturated rings. The van der Waals surface area contributed by atoms with Crippen molar-refractivity contribution in [2.75, 3.05) is 0 Å². The molecule has 6 heteroatoms. The van der Waals surface area contributed by atoms with Gasteiger partial charge in [-0.3, -0.25) is 0 Å². The molecular weight excluding hydrogens is 717 g/mol. The molecule has 0 aliphatic heterocycles. The van der Waals surface area contributed by atoms with Crippen LogP contribution in [0.25, 0.3) is 115 Å². The van der Waals surface area contributed by atoms with Gasteiger partial charge in [0.2, 0.25) is 0 Å². The zero-order chi connectivity index (χ0) is 37.5. The molecule has 0 unspecified atom stereocenters. The van der Waals surface area contributed by atoms with Crippen molar-refractivity contribution in [2.24, 2.45) is 0 Å². The van der Waals surface area contributed by atoms with Gasteiger partial charge in [0.15, 0.2) is 17.5 Å². The molecule has 5 nitrogen and oxygen atoms in total. The van der Waals surface area contributed by atoms with E-state index in [0.717, 1.165) is 55.3 Å². The highest BCUT2D eigenvalue weighted by molar-refractivity contribution is 7.26. The Balaban J connectivity index is 0.996. The molecule has 0 saturated heterocycles. The molecule has 0 N–H and O–H groups in total. The van der Waals surface area contributed by atoms with E-state index < -0.39 is 0 Å². The average Bonchev–Trinajstić information content (AvgIpc) is 3.96. The number of nitrogens with zero attached hydrogens (tertiary/aromatic N) is 4. The number of fused-ring (bicyclic) bond motifs is 9. The van der Waals surface area contributed by atoms with Crippen LogP contribution in [-0.4, -0.2) is 19.5 Å². The zero-order valence-corrected chi connectivity index (χ0v) is 31.2. The third-order valence-corrected chi connectivity index (χ3v) is 12.3. The van der Waals surface area contributed by atoms with Crippen LogP contribution >= 0.6 is 11.3 Å². The maximum absolute atomic E-state index is 6.58. The highest BCUT2D eigenvalue weighted by Crippen LogP contribution is 2.45. The summed E-state index contributed by atoms with van der Waals surface area (Å²) in [4.78, 5) is 15.1. The molecule has 0 aliphatic carbocycles. The van der Waals surface area contributed by atoms with Crippen LogP contribution < -0.4 is 0 Å². The van der Waals surface area contributed by atoms with E-state index in [2.05, 4.69) is 126 Å². The maximum atomic E-state index is 6.58. The van der Waals surface area contributed by atoms with Crippen LogP contribution in [0.15, 0.2) is 186 Å². The Bertz CT molecular complexity index is 3420. The van der Waals surface area contributed by atoms with Gasteiger partial charge in [0.05, 0.1) is 11.0 Å². The first-order chi connectivity index (χ1) is 28.2. The summed E-state index contributed by atoms with van der Waals surface area (Å²) in [5.74, 6) is 1.96. The average molecular weight is 747 g/mol. The molecule has 0 bridgehead atoms. The van der Waals surface area contributed by atoms with Crippen LogP contribution in [0.4, 0.5) is 0 Å². The molecule has 57 heavy (non-hydrogen) atoms. The van der Waals surface area contributed by atoms with Crippen LogP contribution in [0.3, 0.4) is 0 Å². The summed E-state index contributed by atoms with van der Waals surface area (Å²) in [5, 5.41) is 7.01. The molecule has 0 spiro atoms. The Labute approximate surface area is 330 Å². The molecule has 266 valence electrons. The molecule has 0 aliphatic rings. The van der Waals surface area contributed by atoms with Crippen molar-refractivity contribution in [3.8, 4) is 51.0 Å². The van der Waals surface area contributed by atoms with E-state index in [-0.39, 0.29) is 0 Å². The SMILES string of the molecule is c1ccc(-c2nc(-c3ccccc3)nc(-c3cccc4sc5c(-c6ccc7c(c6)oc6ccc(-n8c9ccccc9c9ccccc98)cc67)cccc5c34)n2)cc1. The summed E-state index contributed by atoms with van der Waals surface area (Å²) in [6, 6.07) is 63.7. The Morgan fingerprint density at radius 1 is 0.404 bits per heavy atom. The predicted molar refractivity (Wildman–Crippen MR) is 236 cm³/mol. The van der Waals surface area contributed by atoms with Crippen molar-refractivity contribution < 1.29 is 4.42 Å². The number of aromatic nitrogens is 4. The fourth-order valence-electron chi connectivity index (χ4n) is 8.46. The second-order valence-electron chi connectivity index (χ2n) is 14.4. The molecule has 0 atom stereocenters. The van der Waals surface area contributed by atoms with Gasteiger partial charge in [-0.1, -0.05) is 133 Å². The minimum Gasteiger partial charge on any atom is -0.456 e. The third-order valence-electron chi connectivity index (χ3n) is 11.1. The van der Waals surface area contributed by atoms with Gasteiger partial charge in [0.1, 0.15) is 11.2 Å². The summed E-state index contributed by atoms with van der Waals surface area (Å²) in [5.41, 5.74) is 10.4. The lowest BCUT2D eigenvalue weighted by Crippen LogP contribution is -2.00. The Morgan fingerprint density at radius 2 is 1.02 bits per heavy atom. The lowest BCUT2D eigenvalue weighted by atomic mass is 9.99. The maximum Gasteiger partial charge on any atom is 0.164 e. The summed E-state index contributed by atoms with van der Waals surface area (Å²) in [6.07, 6.45) is 0. The summed E-state index contributed by atoms with van der Waals surface area (Å²) >= 11 is 1.80. The number of thiophene rings is 1. The molecular formula is C51H30N4OS. The van der Waals surface area contributed by atoms with Gasteiger partial charge >= 0.3 is 0 Å². The largest absolute Gasteiger partial charge is 0.456 e. The summed E-state index contributed by atoms with van der Waals surface area (Å²) in [6.45, 7) is 0. The molecule has 12 rings (SSSR count). The monoisotopic (exact) mass is 746 g/mol. The number of hydrogen-bond acceptors (Lipinski definition) is 5. The Morgan fingerprint density at radius 3 is 1.74 bits per heavy atom. The highest BCUT2D eigenvalue weighted by atomic mass is 32.1. The first-order valence-electron chi connectivity index (χ1n) is 19.0. The standard InChI is InChI=1S/C51H30N4OS/c1-3-13-31(14-4-1)49-52-50(32-15-5-2-6-16-32)54-51(53-49)40-21-12-24-46-47(40)39-20-11-19-35(48(39)57-46)33-25-27-38-41-30-34(26-28-44(41)56-45(38)29-33)55-42-22-9-7-17-36(42)37-18-8-10-23-43(37)55/h1-30H. The zero-order valence-electron chi connectivity index (χ0n) is 30.4. The van der Waals surface area contributed by atoms with Crippen LogP contribution in [0.2, 0.25) is 0 Å².